The fourth-order valence-electron chi connectivity index (χ4n) is 4.75. The van der Waals surface area contributed by atoms with Crippen molar-refractivity contribution in [3.8, 4) is 0 Å². The van der Waals surface area contributed by atoms with Crippen LogP contribution < -0.4 is 11.0 Å². The van der Waals surface area contributed by atoms with Crippen molar-refractivity contribution in [2.45, 2.75) is 75.8 Å². The number of sulfonamides is 1. The van der Waals surface area contributed by atoms with Gasteiger partial charge in [-0.15, -0.1) is 0 Å². The predicted molar refractivity (Wildman–Crippen MR) is 127 cm³/mol. The van der Waals surface area contributed by atoms with Crippen LogP contribution in [-0.4, -0.2) is 47.3 Å². The van der Waals surface area contributed by atoms with Gasteiger partial charge < -0.3 is 5.32 Å². The summed E-state index contributed by atoms with van der Waals surface area (Å²) in [5, 5.41) is 3.40. The van der Waals surface area contributed by atoms with Crippen LogP contribution in [0.15, 0.2) is 45.7 Å². The minimum absolute atomic E-state index is 0.0420. The predicted octanol–water partition coefficient (Wildman–Crippen LogP) is 2.97. The molecule has 178 valence electrons. The maximum atomic E-state index is 13.2. The van der Waals surface area contributed by atoms with Crippen LogP contribution in [0.2, 0.25) is 0 Å². The molecule has 4 rings (SSSR count). The van der Waals surface area contributed by atoms with Crippen LogP contribution in [0.5, 0.6) is 0 Å². The SMILES string of the molecule is CC1CCCCN1S(=O)(=O)c1ccc2c(cnc(=O)n2CC(=O)NCCC2=CCCCC2)c1. The summed E-state index contributed by atoms with van der Waals surface area (Å²) in [5.41, 5.74) is 1.33. The van der Waals surface area contributed by atoms with Crippen molar-refractivity contribution in [1.82, 2.24) is 19.2 Å². The number of fused-ring (bicyclic) bond motifs is 1. The zero-order chi connectivity index (χ0) is 23.4. The molecule has 0 spiro atoms. The van der Waals surface area contributed by atoms with Crippen molar-refractivity contribution in [3.63, 3.8) is 0 Å². The number of piperidine rings is 1. The van der Waals surface area contributed by atoms with E-state index >= 15 is 0 Å². The van der Waals surface area contributed by atoms with Gasteiger partial charge in [0.25, 0.3) is 0 Å². The summed E-state index contributed by atoms with van der Waals surface area (Å²) in [6, 6.07) is 4.62. The van der Waals surface area contributed by atoms with Crippen molar-refractivity contribution in [3.05, 3.63) is 46.5 Å². The van der Waals surface area contributed by atoms with Crippen LogP contribution in [0.1, 0.15) is 58.3 Å². The summed E-state index contributed by atoms with van der Waals surface area (Å²) >= 11 is 0. The first-order valence-electron chi connectivity index (χ1n) is 11.8. The Morgan fingerprint density at radius 3 is 2.82 bits per heavy atom. The molecular weight excluding hydrogens is 440 g/mol. The monoisotopic (exact) mass is 472 g/mol. The zero-order valence-corrected chi connectivity index (χ0v) is 19.9. The molecule has 1 fully saturated rings. The first-order valence-corrected chi connectivity index (χ1v) is 13.3. The number of aromatic nitrogens is 2. The second kappa shape index (κ2) is 10.2. The van der Waals surface area contributed by atoms with Gasteiger partial charge in [-0.05, 0) is 70.1 Å². The minimum Gasteiger partial charge on any atom is -0.354 e. The number of hydrogen-bond donors (Lipinski definition) is 1. The van der Waals surface area contributed by atoms with Crippen LogP contribution in [0.3, 0.4) is 0 Å². The molecule has 0 saturated carbocycles. The van der Waals surface area contributed by atoms with E-state index in [0.717, 1.165) is 38.5 Å². The molecule has 2 aliphatic rings. The lowest BCUT2D eigenvalue weighted by Crippen LogP contribution is -2.41. The van der Waals surface area contributed by atoms with Crippen molar-refractivity contribution in [2.75, 3.05) is 13.1 Å². The fourth-order valence-corrected chi connectivity index (χ4v) is 6.49. The lowest BCUT2D eigenvalue weighted by Gasteiger charge is -2.32. The number of rotatable bonds is 7. The number of hydrogen-bond acceptors (Lipinski definition) is 5. The molecule has 0 bridgehead atoms. The van der Waals surface area contributed by atoms with Gasteiger partial charge in [0.2, 0.25) is 15.9 Å². The van der Waals surface area contributed by atoms with Crippen LogP contribution in [0.4, 0.5) is 0 Å². The van der Waals surface area contributed by atoms with Gasteiger partial charge in [-0.1, -0.05) is 18.1 Å². The maximum Gasteiger partial charge on any atom is 0.348 e. The molecule has 1 aromatic carbocycles. The van der Waals surface area contributed by atoms with Gasteiger partial charge in [0.1, 0.15) is 6.54 Å². The second-order valence-electron chi connectivity index (χ2n) is 9.02. The molecule has 1 aliphatic heterocycles. The number of nitrogens with zero attached hydrogens (tertiary/aromatic N) is 3. The van der Waals surface area contributed by atoms with E-state index < -0.39 is 15.7 Å². The van der Waals surface area contributed by atoms with Gasteiger partial charge in [-0.3, -0.25) is 9.36 Å². The lowest BCUT2D eigenvalue weighted by atomic mass is 9.97. The van der Waals surface area contributed by atoms with E-state index in [2.05, 4.69) is 16.4 Å². The molecule has 33 heavy (non-hydrogen) atoms. The lowest BCUT2D eigenvalue weighted by molar-refractivity contribution is -0.121. The molecule has 1 aromatic heterocycles. The van der Waals surface area contributed by atoms with Crippen molar-refractivity contribution in [1.29, 1.82) is 0 Å². The van der Waals surface area contributed by atoms with Crippen LogP contribution in [0.25, 0.3) is 10.9 Å². The number of carbonyl (C=O) groups excluding carboxylic acids is 1. The summed E-state index contributed by atoms with van der Waals surface area (Å²) in [6.45, 7) is 2.82. The molecule has 1 amide bonds. The van der Waals surface area contributed by atoms with E-state index in [9.17, 15) is 18.0 Å². The van der Waals surface area contributed by atoms with E-state index in [1.54, 1.807) is 16.4 Å². The van der Waals surface area contributed by atoms with Gasteiger partial charge >= 0.3 is 5.69 Å². The highest BCUT2D eigenvalue weighted by Gasteiger charge is 2.31. The largest absolute Gasteiger partial charge is 0.354 e. The average Bonchev–Trinajstić information content (AvgIpc) is 2.81. The molecule has 2 aromatic rings. The molecule has 9 heteroatoms. The van der Waals surface area contributed by atoms with Gasteiger partial charge in [-0.25, -0.2) is 18.2 Å². The molecule has 1 aliphatic carbocycles. The fraction of sp³-hybridized carbons (Fsp3) is 0.542. The molecule has 8 nitrogen and oxygen atoms in total. The number of amides is 1. The molecule has 1 saturated heterocycles. The van der Waals surface area contributed by atoms with Crippen LogP contribution in [-0.2, 0) is 21.4 Å². The molecular formula is C24H32N4O4S. The smallest absolute Gasteiger partial charge is 0.348 e. The summed E-state index contributed by atoms with van der Waals surface area (Å²) in [5.74, 6) is -0.262. The minimum atomic E-state index is -3.64. The van der Waals surface area contributed by atoms with Crippen molar-refractivity contribution >= 4 is 26.8 Å². The normalized spacial score (nSPS) is 19.9. The van der Waals surface area contributed by atoms with Crippen LogP contribution in [0, 0.1) is 0 Å². The number of benzene rings is 1. The molecule has 1 unspecified atom stereocenters. The van der Waals surface area contributed by atoms with Gasteiger partial charge in [0, 0.05) is 30.7 Å². The molecule has 1 N–H and O–H groups in total. The third-order valence-corrected chi connectivity index (χ3v) is 8.65. The topological polar surface area (TPSA) is 101 Å². The zero-order valence-electron chi connectivity index (χ0n) is 19.1. The number of nitrogens with one attached hydrogen (secondary N) is 1. The van der Waals surface area contributed by atoms with Gasteiger partial charge in [0.05, 0.1) is 10.4 Å². The van der Waals surface area contributed by atoms with E-state index in [4.69, 9.17) is 0 Å². The van der Waals surface area contributed by atoms with Gasteiger partial charge in [0.15, 0.2) is 0 Å². The highest BCUT2D eigenvalue weighted by molar-refractivity contribution is 7.89. The Bertz CT molecular complexity index is 1220. The highest BCUT2D eigenvalue weighted by atomic mass is 32.2. The van der Waals surface area contributed by atoms with Crippen LogP contribution >= 0.6 is 0 Å². The third kappa shape index (κ3) is 5.35. The number of carbonyl (C=O) groups is 1. The first kappa shape index (κ1) is 23.6. The number of allylic oxidation sites excluding steroid dienone is 1. The Morgan fingerprint density at radius 1 is 1.21 bits per heavy atom. The Balaban J connectivity index is 1.51. The van der Waals surface area contributed by atoms with Crippen molar-refractivity contribution < 1.29 is 13.2 Å². The Hall–Kier alpha value is -2.52. The highest BCUT2D eigenvalue weighted by Crippen LogP contribution is 2.27. The van der Waals surface area contributed by atoms with E-state index in [1.165, 1.54) is 35.2 Å². The summed E-state index contributed by atoms with van der Waals surface area (Å²) < 4.78 is 29.2. The van der Waals surface area contributed by atoms with E-state index in [-0.39, 0.29) is 23.4 Å². The quantitative estimate of drug-likeness (QED) is 0.625. The molecule has 2 heterocycles. The molecule has 1 atom stereocenters. The Morgan fingerprint density at radius 2 is 2.06 bits per heavy atom. The summed E-state index contributed by atoms with van der Waals surface area (Å²) in [6.07, 6.45) is 11.8. The first-order chi connectivity index (χ1) is 15.9. The average molecular weight is 473 g/mol. The summed E-state index contributed by atoms with van der Waals surface area (Å²) in [7, 11) is -3.64. The third-order valence-electron chi connectivity index (χ3n) is 6.64. The van der Waals surface area contributed by atoms with E-state index in [0.29, 0.717) is 24.0 Å². The second-order valence-corrected chi connectivity index (χ2v) is 10.9. The molecule has 0 radical (unpaired) electrons. The summed E-state index contributed by atoms with van der Waals surface area (Å²) in [4.78, 5) is 29.0. The van der Waals surface area contributed by atoms with Crippen molar-refractivity contribution in [2.24, 2.45) is 0 Å². The standard InChI is InChI=1S/C24H32N4O4S/c1-18-7-5-6-14-28(18)33(31,32)21-10-11-22-20(15-21)16-26-24(30)27(22)17-23(29)25-13-12-19-8-3-2-4-9-19/h8,10-11,15-16,18H,2-7,9,12-14,17H2,1H3,(H,25,29). The Labute approximate surface area is 194 Å². The maximum absolute atomic E-state index is 13.2. The van der Waals surface area contributed by atoms with Gasteiger partial charge in [-0.2, -0.15) is 4.31 Å². The Kier molecular flexibility index (Phi) is 7.29. The van der Waals surface area contributed by atoms with E-state index in [1.807, 2.05) is 6.92 Å².